The Morgan fingerprint density at radius 3 is 1.52 bits per heavy atom. The van der Waals surface area contributed by atoms with Gasteiger partial charge >= 0.3 is 0 Å². The molecule has 1 fully saturated rings. The summed E-state index contributed by atoms with van der Waals surface area (Å²) in [5.41, 5.74) is 0.539. The lowest BCUT2D eigenvalue weighted by molar-refractivity contribution is 0.356. The van der Waals surface area contributed by atoms with Gasteiger partial charge in [0.15, 0.2) is 0 Å². The second-order valence-corrected chi connectivity index (χ2v) is 9.53. The minimum atomic E-state index is 0.539. The largest absolute Gasteiger partial charge is 0.0654 e. The average molecular weight is 323 g/mol. The fraction of sp³-hybridized carbons (Fsp3) is 1.00. The van der Waals surface area contributed by atoms with Gasteiger partial charge in [0, 0.05) is 0 Å². The van der Waals surface area contributed by atoms with Gasteiger partial charge in [-0.25, -0.2) is 0 Å². The summed E-state index contributed by atoms with van der Waals surface area (Å²) in [6.07, 6.45) is 23.7. The van der Waals surface area contributed by atoms with E-state index < -0.39 is 0 Å². The second kappa shape index (κ2) is 12.4. The normalized spacial score (nSPS) is 20.9. The van der Waals surface area contributed by atoms with Crippen molar-refractivity contribution in [3.05, 3.63) is 0 Å². The predicted molar refractivity (Wildman–Crippen MR) is 106 cm³/mol. The van der Waals surface area contributed by atoms with E-state index in [4.69, 9.17) is 0 Å². The highest BCUT2D eigenvalue weighted by Gasteiger charge is 2.34. The Hall–Kier alpha value is 0. The first-order valence-corrected chi connectivity index (χ1v) is 11.0. The van der Waals surface area contributed by atoms with E-state index in [0.717, 1.165) is 11.8 Å². The molecule has 2 atom stereocenters. The van der Waals surface area contributed by atoms with Crippen LogP contribution in [0.2, 0.25) is 0 Å². The molecular weight excluding hydrogens is 276 g/mol. The topological polar surface area (TPSA) is 0 Å². The minimum absolute atomic E-state index is 0.539. The molecule has 0 heterocycles. The second-order valence-electron chi connectivity index (χ2n) is 9.53. The van der Waals surface area contributed by atoms with Gasteiger partial charge in [0.1, 0.15) is 0 Å². The summed E-state index contributed by atoms with van der Waals surface area (Å²) in [7, 11) is 0. The Bertz CT molecular complexity index is 260. The Morgan fingerprint density at radius 1 is 0.609 bits per heavy atom. The highest BCUT2D eigenvalue weighted by molar-refractivity contribution is 4.85. The maximum atomic E-state index is 2.37. The Labute approximate surface area is 148 Å². The van der Waals surface area contributed by atoms with Gasteiger partial charge in [0.2, 0.25) is 0 Å². The van der Waals surface area contributed by atoms with Crippen LogP contribution in [-0.4, -0.2) is 0 Å². The zero-order valence-corrected chi connectivity index (χ0v) is 17.0. The zero-order valence-electron chi connectivity index (χ0n) is 17.0. The summed E-state index contributed by atoms with van der Waals surface area (Å²) in [4.78, 5) is 0. The van der Waals surface area contributed by atoms with Crippen molar-refractivity contribution in [1.82, 2.24) is 0 Å². The summed E-state index contributed by atoms with van der Waals surface area (Å²) < 4.78 is 0. The molecule has 1 saturated carbocycles. The Balaban J connectivity index is 1.77. The third kappa shape index (κ3) is 13.0. The number of hydrogen-bond donors (Lipinski definition) is 0. The maximum absolute atomic E-state index is 2.37. The maximum Gasteiger partial charge on any atom is -0.0383 e. The number of unbranched alkanes of at least 4 members (excludes halogenated alkanes) is 10. The molecule has 0 saturated heterocycles. The smallest absolute Gasteiger partial charge is 0.0383 e. The fourth-order valence-corrected chi connectivity index (χ4v) is 3.97. The lowest BCUT2D eigenvalue weighted by Crippen LogP contribution is -2.03. The number of hydrogen-bond acceptors (Lipinski definition) is 0. The Morgan fingerprint density at radius 2 is 1.04 bits per heavy atom. The molecule has 0 spiro atoms. The van der Waals surface area contributed by atoms with Crippen molar-refractivity contribution < 1.29 is 0 Å². The molecule has 0 radical (unpaired) electrons. The van der Waals surface area contributed by atoms with E-state index in [9.17, 15) is 0 Å². The summed E-state index contributed by atoms with van der Waals surface area (Å²) in [6, 6.07) is 0. The van der Waals surface area contributed by atoms with Gasteiger partial charge in [-0.3, -0.25) is 0 Å². The van der Waals surface area contributed by atoms with Crippen molar-refractivity contribution >= 4 is 0 Å². The van der Waals surface area contributed by atoms with Crippen LogP contribution in [0.4, 0.5) is 0 Å². The van der Waals surface area contributed by atoms with Crippen molar-refractivity contribution in [2.75, 3.05) is 0 Å². The van der Waals surface area contributed by atoms with Crippen LogP contribution in [-0.2, 0) is 0 Å². The summed E-state index contributed by atoms with van der Waals surface area (Å²) in [5.74, 6) is 2.26. The Kier molecular flexibility index (Phi) is 11.3. The molecule has 1 aliphatic carbocycles. The van der Waals surface area contributed by atoms with Gasteiger partial charge in [0.25, 0.3) is 0 Å². The van der Waals surface area contributed by atoms with Crippen molar-refractivity contribution in [2.45, 2.75) is 130 Å². The molecule has 0 aromatic rings. The average Bonchev–Trinajstić information content (AvgIpc) is 3.23. The van der Waals surface area contributed by atoms with Crippen LogP contribution >= 0.6 is 0 Å². The van der Waals surface area contributed by atoms with Crippen molar-refractivity contribution in [2.24, 2.45) is 17.3 Å². The molecule has 1 aliphatic rings. The van der Waals surface area contributed by atoms with E-state index in [1.54, 1.807) is 19.3 Å². The van der Waals surface area contributed by atoms with Gasteiger partial charge in [-0.1, -0.05) is 118 Å². The van der Waals surface area contributed by atoms with E-state index in [1.807, 2.05) is 0 Å². The fourth-order valence-electron chi connectivity index (χ4n) is 3.97. The van der Waals surface area contributed by atoms with E-state index in [2.05, 4.69) is 27.7 Å². The highest BCUT2D eigenvalue weighted by atomic mass is 14.4. The van der Waals surface area contributed by atoms with Crippen LogP contribution in [0.3, 0.4) is 0 Å². The van der Waals surface area contributed by atoms with Gasteiger partial charge in [-0.15, -0.1) is 0 Å². The molecule has 0 amide bonds. The van der Waals surface area contributed by atoms with E-state index in [-0.39, 0.29) is 0 Å². The third-order valence-corrected chi connectivity index (χ3v) is 5.75. The molecule has 0 aromatic carbocycles. The monoisotopic (exact) mass is 322 g/mol. The van der Waals surface area contributed by atoms with Crippen LogP contribution in [0.15, 0.2) is 0 Å². The first kappa shape index (κ1) is 21.0. The van der Waals surface area contributed by atoms with Gasteiger partial charge in [-0.05, 0) is 30.1 Å². The lowest BCUT2D eigenvalue weighted by Gasteiger charge is -2.17. The quantitative estimate of drug-likeness (QED) is 0.265. The van der Waals surface area contributed by atoms with E-state index >= 15 is 0 Å². The predicted octanol–water partition coefficient (Wildman–Crippen LogP) is 8.54. The molecule has 23 heavy (non-hydrogen) atoms. The lowest BCUT2D eigenvalue weighted by atomic mass is 9.89. The third-order valence-electron chi connectivity index (χ3n) is 5.75. The molecule has 0 N–H and O–H groups in total. The van der Waals surface area contributed by atoms with Gasteiger partial charge in [-0.2, -0.15) is 0 Å². The highest BCUT2D eigenvalue weighted by Crippen LogP contribution is 2.45. The SMILES string of the molecule is CCCCCCCCC1CC1CCCCCCCCC(C)(C)C. The van der Waals surface area contributed by atoms with Gasteiger partial charge < -0.3 is 0 Å². The summed E-state index contributed by atoms with van der Waals surface area (Å²) in [5, 5.41) is 0. The molecule has 1 rings (SSSR count). The summed E-state index contributed by atoms with van der Waals surface area (Å²) in [6.45, 7) is 9.40. The van der Waals surface area contributed by atoms with Crippen LogP contribution in [0, 0.1) is 17.3 Å². The van der Waals surface area contributed by atoms with Gasteiger partial charge in [0.05, 0.1) is 0 Å². The standard InChI is InChI=1S/C23H46/c1-5-6-7-8-11-14-17-21-20-22(21)18-15-12-9-10-13-16-19-23(2,3)4/h21-22H,5-20H2,1-4H3. The molecule has 0 aliphatic heterocycles. The zero-order chi connectivity index (χ0) is 17.0. The first-order chi connectivity index (χ1) is 11.0. The molecular formula is C23H46. The van der Waals surface area contributed by atoms with Crippen LogP contribution in [0.25, 0.3) is 0 Å². The molecule has 138 valence electrons. The molecule has 0 nitrogen and oxygen atoms in total. The van der Waals surface area contributed by atoms with Crippen LogP contribution in [0.1, 0.15) is 130 Å². The number of rotatable bonds is 15. The van der Waals surface area contributed by atoms with E-state index in [1.165, 1.54) is 83.5 Å². The molecule has 0 aromatic heterocycles. The minimum Gasteiger partial charge on any atom is -0.0654 e. The molecule has 0 bridgehead atoms. The van der Waals surface area contributed by atoms with Crippen molar-refractivity contribution in [3.8, 4) is 0 Å². The van der Waals surface area contributed by atoms with Crippen LogP contribution in [0.5, 0.6) is 0 Å². The first-order valence-electron chi connectivity index (χ1n) is 11.0. The van der Waals surface area contributed by atoms with E-state index in [0.29, 0.717) is 5.41 Å². The summed E-state index contributed by atoms with van der Waals surface area (Å²) >= 11 is 0. The van der Waals surface area contributed by atoms with Crippen molar-refractivity contribution in [3.63, 3.8) is 0 Å². The van der Waals surface area contributed by atoms with Crippen molar-refractivity contribution in [1.29, 1.82) is 0 Å². The van der Waals surface area contributed by atoms with Crippen LogP contribution < -0.4 is 0 Å². The molecule has 2 unspecified atom stereocenters. The molecule has 0 heteroatoms.